The van der Waals surface area contributed by atoms with Crippen LogP contribution in [0.5, 0.6) is 5.75 Å². The van der Waals surface area contributed by atoms with Gasteiger partial charge >= 0.3 is 0 Å². The molecule has 3 aromatic rings. The summed E-state index contributed by atoms with van der Waals surface area (Å²) in [5.41, 5.74) is 1.96. The number of ether oxygens (including phenoxy) is 4. The minimum atomic E-state index is -1.36. The van der Waals surface area contributed by atoms with E-state index < -0.39 is 30.7 Å². The monoisotopic (exact) mass is 436 g/mol. The highest BCUT2D eigenvalue weighted by Gasteiger charge is 2.48. The third-order valence-corrected chi connectivity index (χ3v) is 5.37. The Bertz CT molecular complexity index is 877. The van der Waals surface area contributed by atoms with Crippen LogP contribution in [0.2, 0.25) is 0 Å². The number of aliphatic hydroxyl groups excluding tert-OH is 2. The van der Waals surface area contributed by atoms with Crippen molar-refractivity contribution < 1.29 is 29.2 Å². The van der Waals surface area contributed by atoms with Crippen LogP contribution in [0.4, 0.5) is 0 Å². The third kappa shape index (κ3) is 5.94. The number of para-hydroxylation sites is 1. The normalized spacial score (nSPS) is 23.7. The second-order valence-corrected chi connectivity index (χ2v) is 7.70. The summed E-state index contributed by atoms with van der Waals surface area (Å²) in [5, 5.41) is 20.7. The first-order valence-corrected chi connectivity index (χ1v) is 10.7. The fourth-order valence-electron chi connectivity index (χ4n) is 3.65. The van der Waals surface area contributed by atoms with Crippen molar-refractivity contribution in [2.24, 2.45) is 0 Å². The lowest BCUT2D eigenvalue weighted by Crippen LogP contribution is -2.44. The molecule has 0 saturated carbocycles. The molecule has 1 heterocycles. The molecule has 0 radical (unpaired) electrons. The second-order valence-electron chi connectivity index (χ2n) is 7.70. The second kappa shape index (κ2) is 11.2. The molecule has 4 rings (SSSR count). The highest BCUT2D eigenvalue weighted by atomic mass is 16.7. The van der Waals surface area contributed by atoms with Crippen molar-refractivity contribution in [2.45, 2.75) is 43.9 Å². The van der Waals surface area contributed by atoms with Gasteiger partial charge < -0.3 is 29.2 Å². The maximum absolute atomic E-state index is 10.5. The molecule has 1 aliphatic heterocycles. The summed E-state index contributed by atoms with van der Waals surface area (Å²) in [7, 11) is 0. The van der Waals surface area contributed by atoms with E-state index in [9.17, 15) is 10.2 Å². The fourth-order valence-corrected chi connectivity index (χ4v) is 3.65. The minimum absolute atomic E-state index is 0.173. The van der Waals surface area contributed by atoms with Gasteiger partial charge in [0.25, 0.3) is 0 Å². The van der Waals surface area contributed by atoms with Gasteiger partial charge in [0.2, 0.25) is 0 Å². The highest BCUT2D eigenvalue weighted by Crippen LogP contribution is 2.28. The van der Waals surface area contributed by atoms with E-state index in [2.05, 4.69) is 0 Å². The van der Waals surface area contributed by atoms with Crippen molar-refractivity contribution >= 4 is 0 Å². The zero-order chi connectivity index (χ0) is 22.2. The van der Waals surface area contributed by atoms with Crippen molar-refractivity contribution in [2.75, 3.05) is 6.61 Å². The van der Waals surface area contributed by atoms with E-state index in [1.165, 1.54) is 0 Å². The summed E-state index contributed by atoms with van der Waals surface area (Å²) in [5.74, 6) is 0.696. The standard InChI is InChI=1S/C26H28O6/c27-23-25(31-17-20-12-6-2-7-13-20)24(32-26(23)28)22(18-29-21-14-8-3-9-15-21)30-16-19-10-4-1-5-11-19/h1-15,22-28H,16-18H2/t22-,23-,24-,25-,26?/m1/s1. The lowest BCUT2D eigenvalue weighted by Gasteiger charge is -2.28. The first kappa shape index (κ1) is 22.5. The maximum Gasteiger partial charge on any atom is 0.184 e. The molecule has 2 N–H and O–H groups in total. The van der Waals surface area contributed by atoms with Gasteiger partial charge in [0.15, 0.2) is 6.29 Å². The lowest BCUT2D eigenvalue weighted by molar-refractivity contribution is -0.163. The molecule has 3 aromatic carbocycles. The van der Waals surface area contributed by atoms with Crippen LogP contribution in [0.1, 0.15) is 11.1 Å². The molecule has 0 bridgehead atoms. The summed E-state index contributed by atoms with van der Waals surface area (Å²) in [6, 6.07) is 28.8. The van der Waals surface area contributed by atoms with Gasteiger partial charge in [0.1, 0.15) is 36.8 Å². The number of benzene rings is 3. The molecule has 1 fully saturated rings. The van der Waals surface area contributed by atoms with Gasteiger partial charge in [-0.1, -0.05) is 78.9 Å². The van der Waals surface area contributed by atoms with Crippen LogP contribution >= 0.6 is 0 Å². The highest BCUT2D eigenvalue weighted by molar-refractivity contribution is 5.21. The van der Waals surface area contributed by atoms with Crippen molar-refractivity contribution in [1.82, 2.24) is 0 Å². The van der Waals surface area contributed by atoms with Crippen molar-refractivity contribution in [3.8, 4) is 5.75 Å². The summed E-state index contributed by atoms with van der Waals surface area (Å²) >= 11 is 0. The van der Waals surface area contributed by atoms with Crippen LogP contribution in [0.3, 0.4) is 0 Å². The molecule has 0 amide bonds. The van der Waals surface area contributed by atoms with Crippen molar-refractivity contribution in [1.29, 1.82) is 0 Å². The molecule has 0 aliphatic carbocycles. The van der Waals surface area contributed by atoms with Gasteiger partial charge in [-0.3, -0.25) is 0 Å². The van der Waals surface area contributed by atoms with Crippen molar-refractivity contribution in [3.05, 3.63) is 102 Å². The Kier molecular flexibility index (Phi) is 7.87. The Labute approximate surface area is 188 Å². The topological polar surface area (TPSA) is 77.4 Å². The van der Waals surface area contributed by atoms with E-state index in [0.717, 1.165) is 11.1 Å². The third-order valence-electron chi connectivity index (χ3n) is 5.37. The van der Waals surface area contributed by atoms with Crippen LogP contribution in [-0.2, 0) is 27.4 Å². The number of rotatable bonds is 10. The van der Waals surface area contributed by atoms with E-state index in [1.807, 2.05) is 91.0 Å². The first-order valence-electron chi connectivity index (χ1n) is 10.7. The van der Waals surface area contributed by atoms with Crippen molar-refractivity contribution in [3.63, 3.8) is 0 Å². The van der Waals surface area contributed by atoms with E-state index in [4.69, 9.17) is 18.9 Å². The first-order chi connectivity index (χ1) is 15.7. The Morgan fingerprint density at radius 2 is 1.31 bits per heavy atom. The van der Waals surface area contributed by atoms with Crippen LogP contribution < -0.4 is 4.74 Å². The molecule has 6 nitrogen and oxygen atoms in total. The maximum atomic E-state index is 10.5. The van der Waals surface area contributed by atoms with Gasteiger partial charge in [0.05, 0.1) is 13.2 Å². The molecule has 168 valence electrons. The molecule has 5 atom stereocenters. The predicted octanol–water partition coefficient (Wildman–Crippen LogP) is 3.31. The number of hydrogen-bond donors (Lipinski definition) is 2. The van der Waals surface area contributed by atoms with Gasteiger partial charge in [-0.05, 0) is 23.3 Å². The molecular formula is C26H28O6. The van der Waals surface area contributed by atoms with Crippen LogP contribution in [0.25, 0.3) is 0 Å². The molecular weight excluding hydrogens is 408 g/mol. The molecule has 32 heavy (non-hydrogen) atoms. The smallest absolute Gasteiger partial charge is 0.184 e. The average molecular weight is 437 g/mol. The Balaban J connectivity index is 1.48. The zero-order valence-corrected chi connectivity index (χ0v) is 17.7. The molecule has 0 spiro atoms. The van der Waals surface area contributed by atoms with Crippen LogP contribution in [0.15, 0.2) is 91.0 Å². The zero-order valence-electron chi connectivity index (χ0n) is 17.7. The molecule has 1 aliphatic rings. The Morgan fingerprint density at radius 1 is 0.750 bits per heavy atom. The average Bonchev–Trinajstić information content (AvgIpc) is 3.13. The van der Waals surface area contributed by atoms with Gasteiger partial charge in [-0.15, -0.1) is 0 Å². The van der Waals surface area contributed by atoms with E-state index in [0.29, 0.717) is 12.4 Å². The predicted molar refractivity (Wildman–Crippen MR) is 119 cm³/mol. The largest absolute Gasteiger partial charge is 0.491 e. The molecule has 0 aromatic heterocycles. The van der Waals surface area contributed by atoms with Crippen LogP contribution in [0, 0.1) is 0 Å². The van der Waals surface area contributed by atoms with E-state index in [1.54, 1.807) is 0 Å². The summed E-state index contributed by atoms with van der Waals surface area (Å²) in [6.07, 6.45) is -4.62. The van der Waals surface area contributed by atoms with Gasteiger partial charge in [-0.25, -0.2) is 0 Å². The number of aliphatic hydroxyl groups is 2. The van der Waals surface area contributed by atoms with Gasteiger partial charge in [-0.2, -0.15) is 0 Å². The van der Waals surface area contributed by atoms with Crippen LogP contribution in [-0.4, -0.2) is 47.5 Å². The molecule has 1 saturated heterocycles. The summed E-state index contributed by atoms with van der Waals surface area (Å²) in [4.78, 5) is 0. The van der Waals surface area contributed by atoms with E-state index >= 15 is 0 Å². The van der Waals surface area contributed by atoms with Gasteiger partial charge in [0, 0.05) is 0 Å². The molecule has 6 heteroatoms. The lowest BCUT2D eigenvalue weighted by atomic mass is 10.1. The SMILES string of the molecule is OC1O[C@H]([C@@H](COc2ccccc2)OCc2ccccc2)[C@H](OCc2ccccc2)[C@H]1O. The Morgan fingerprint density at radius 3 is 1.94 bits per heavy atom. The Hall–Kier alpha value is -2.74. The summed E-state index contributed by atoms with van der Waals surface area (Å²) in [6.45, 7) is 0.785. The molecule has 1 unspecified atom stereocenters. The fraction of sp³-hybridized carbons (Fsp3) is 0.308. The van der Waals surface area contributed by atoms with E-state index in [-0.39, 0.29) is 13.2 Å². The quantitative estimate of drug-likeness (QED) is 0.508. The minimum Gasteiger partial charge on any atom is -0.491 e. The summed E-state index contributed by atoms with van der Waals surface area (Å²) < 4.78 is 23.8. The number of hydrogen-bond acceptors (Lipinski definition) is 6.